The molecule has 0 saturated carbocycles. The summed E-state index contributed by atoms with van der Waals surface area (Å²) in [7, 11) is 0. The van der Waals surface area contributed by atoms with Gasteiger partial charge >= 0.3 is 6.18 Å². The Morgan fingerprint density at radius 2 is 1.97 bits per heavy atom. The summed E-state index contributed by atoms with van der Waals surface area (Å²) in [6.07, 6.45) is -6.35. The Labute approximate surface area is 203 Å². The molecule has 0 spiro atoms. The molecule has 0 amide bonds. The topological polar surface area (TPSA) is 131 Å². The van der Waals surface area contributed by atoms with Gasteiger partial charge in [-0.05, 0) is 35.6 Å². The first kappa shape index (κ1) is 24.3. The predicted molar refractivity (Wildman–Crippen MR) is 115 cm³/mol. The van der Waals surface area contributed by atoms with Crippen molar-refractivity contribution in [2.24, 2.45) is 0 Å². The van der Waals surface area contributed by atoms with E-state index in [9.17, 15) is 28.5 Å². The quantitative estimate of drug-likeness (QED) is 0.387. The van der Waals surface area contributed by atoms with Crippen molar-refractivity contribution < 1.29 is 33.2 Å². The number of aromatic nitrogens is 6. The van der Waals surface area contributed by atoms with Gasteiger partial charge in [-0.1, -0.05) is 11.6 Å². The van der Waals surface area contributed by atoms with Crippen molar-refractivity contribution in [3.63, 3.8) is 0 Å². The second-order valence-corrected chi connectivity index (χ2v) is 9.02. The first-order chi connectivity index (χ1) is 15.5. The standard InChI is InChI=1S/C18H17ClF3IN6O4/c1-7-26-17(29(27-7)10-2-8(19)3-24-16(10)18(20,21)22)15-14(32)12(13(31)11(6-30)33-15)28-5-9(23)4-25-28/h2-5,11-15,30-32H,6H2,1H3/t11?,12-,13-,14?,15+/m0/s1. The van der Waals surface area contributed by atoms with E-state index in [2.05, 4.69) is 20.2 Å². The average Bonchev–Trinajstić information content (AvgIpc) is 3.33. The molecule has 0 bridgehead atoms. The molecule has 5 atom stereocenters. The lowest BCUT2D eigenvalue weighted by Gasteiger charge is -2.41. The lowest BCUT2D eigenvalue weighted by Crippen LogP contribution is -2.53. The molecule has 4 heterocycles. The zero-order valence-electron chi connectivity index (χ0n) is 16.7. The van der Waals surface area contributed by atoms with Crippen molar-refractivity contribution in [1.29, 1.82) is 0 Å². The number of rotatable bonds is 4. The minimum absolute atomic E-state index is 0.0742. The molecule has 1 fully saturated rings. The monoisotopic (exact) mass is 600 g/mol. The van der Waals surface area contributed by atoms with Crippen LogP contribution in [0.2, 0.25) is 5.02 Å². The summed E-state index contributed by atoms with van der Waals surface area (Å²) in [5.74, 6) is -0.0995. The van der Waals surface area contributed by atoms with Gasteiger partial charge in [0.2, 0.25) is 0 Å². The minimum Gasteiger partial charge on any atom is -0.394 e. The fraction of sp³-hybridized carbons (Fsp3) is 0.444. The lowest BCUT2D eigenvalue weighted by molar-refractivity contribution is -0.210. The van der Waals surface area contributed by atoms with Gasteiger partial charge in [0.15, 0.2) is 11.5 Å². The van der Waals surface area contributed by atoms with Gasteiger partial charge < -0.3 is 20.1 Å². The molecule has 1 aliphatic rings. The molecule has 10 nitrogen and oxygen atoms in total. The Balaban J connectivity index is 1.85. The van der Waals surface area contributed by atoms with Crippen LogP contribution in [0.5, 0.6) is 0 Å². The number of ether oxygens (including phenoxy) is 1. The highest BCUT2D eigenvalue weighted by atomic mass is 127. The molecule has 33 heavy (non-hydrogen) atoms. The van der Waals surface area contributed by atoms with Gasteiger partial charge in [0, 0.05) is 12.4 Å². The maximum absolute atomic E-state index is 13.7. The highest BCUT2D eigenvalue weighted by Crippen LogP contribution is 2.40. The van der Waals surface area contributed by atoms with Crippen LogP contribution in [0.15, 0.2) is 24.7 Å². The van der Waals surface area contributed by atoms with E-state index in [1.54, 1.807) is 6.20 Å². The first-order valence-corrected chi connectivity index (χ1v) is 11.0. The van der Waals surface area contributed by atoms with Crippen LogP contribution < -0.4 is 0 Å². The van der Waals surface area contributed by atoms with Gasteiger partial charge in [-0.3, -0.25) is 4.68 Å². The third-order valence-corrected chi connectivity index (χ3v) is 5.85. The van der Waals surface area contributed by atoms with Crippen molar-refractivity contribution in [2.75, 3.05) is 6.61 Å². The number of pyridine rings is 1. The summed E-state index contributed by atoms with van der Waals surface area (Å²) in [4.78, 5) is 7.58. The van der Waals surface area contributed by atoms with E-state index in [4.69, 9.17) is 16.3 Å². The normalized spacial score (nSPS) is 26.0. The Morgan fingerprint density at radius 1 is 1.24 bits per heavy atom. The summed E-state index contributed by atoms with van der Waals surface area (Å²) < 4.78 is 49.5. The zero-order chi connectivity index (χ0) is 24.1. The molecule has 1 saturated heterocycles. The fourth-order valence-corrected chi connectivity index (χ4v) is 4.27. The van der Waals surface area contributed by atoms with Crippen molar-refractivity contribution >= 4 is 34.2 Å². The van der Waals surface area contributed by atoms with E-state index >= 15 is 0 Å². The first-order valence-electron chi connectivity index (χ1n) is 9.50. The zero-order valence-corrected chi connectivity index (χ0v) is 19.6. The van der Waals surface area contributed by atoms with Gasteiger partial charge in [-0.25, -0.2) is 14.6 Å². The number of aryl methyl sites for hydroxylation is 1. The largest absolute Gasteiger partial charge is 0.435 e. The molecule has 3 N–H and O–H groups in total. The van der Waals surface area contributed by atoms with Gasteiger partial charge in [0.25, 0.3) is 0 Å². The van der Waals surface area contributed by atoms with Crippen LogP contribution in [0.4, 0.5) is 13.2 Å². The third-order valence-electron chi connectivity index (χ3n) is 5.09. The Hall–Kier alpha value is -1.85. The third kappa shape index (κ3) is 4.59. The molecule has 4 rings (SSSR count). The van der Waals surface area contributed by atoms with Crippen LogP contribution in [-0.4, -0.2) is 69.8 Å². The molecule has 2 unspecified atom stereocenters. The summed E-state index contributed by atoms with van der Waals surface area (Å²) in [6, 6.07) is -0.0647. The van der Waals surface area contributed by atoms with Crippen molar-refractivity contribution in [3.05, 3.63) is 50.6 Å². The molecule has 3 aromatic heterocycles. The van der Waals surface area contributed by atoms with Crippen LogP contribution in [0.1, 0.15) is 29.5 Å². The number of hydrogen-bond donors (Lipinski definition) is 3. The molecule has 0 aliphatic carbocycles. The predicted octanol–water partition coefficient (Wildman–Crippen LogP) is 1.84. The van der Waals surface area contributed by atoms with E-state index in [1.807, 2.05) is 22.6 Å². The van der Waals surface area contributed by atoms with E-state index in [1.165, 1.54) is 17.8 Å². The van der Waals surface area contributed by atoms with Crippen LogP contribution in [0.25, 0.3) is 5.69 Å². The number of hydrogen-bond acceptors (Lipinski definition) is 8. The second kappa shape index (κ2) is 9.07. The van der Waals surface area contributed by atoms with E-state index < -0.39 is 54.6 Å². The van der Waals surface area contributed by atoms with Crippen molar-refractivity contribution in [3.8, 4) is 5.69 Å². The van der Waals surface area contributed by atoms with Crippen LogP contribution in [-0.2, 0) is 10.9 Å². The molecule has 178 valence electrons. The summed E-state index contributed by atoms with van der Waals surface area (Å²) in [6.45, 7) is 0.824. The van der Waals surface area contributed by atoms with E-state index in [0.717, 1.165) is 20.5 Å². The smallest absolute Gasteiger partial charge is 0.394 e. The van der Waals surface area contributed by atoms with Crippen LogP contribution in [0, 0.1) is 10.5 Å². The number of nitrogens with zero attached hydrogens (tertiary/aromatic N) is 6. The van der Waals surface area contributed by atoms with Gasteiger partial charge in [-0.15, -0.1) is 0 Å². The lowest BCUT2D eigenvalue weighted by atomic mass is 9.92. The SMILES string of the molecule is Cc1nc([C@@H]2OC(CO)[C@H](O)[C@H](n3cc(I)cn3)C2O)n(-c2cc(Cl)cnc2C(F)(F)F)n1. The molecular formula is C18H17ClF3IN6O4. The molecule has 3 aromatic rings. The summed E-state index contributed by atoms with van der Waals surface area (Å²) >= 11 is 7.90. The Bertz CT molecular complexity index is 1160. The van der Waals surface area contributed by atoms with Crippen molar-refractivity contribution in [1.82, 2.24) is 29.5 Å². The summed E-state index contributed by atoms with van der Waals surface area (Å²) in [5.41, 5.74) is -1.78. The van der Waals surface area contributed by atoms with Gasteiger partial charge in [-0.2, -0.15) is 23.4 Å². The average molecular weight is 601 g/mol. The maximum atomic E-state index is 13.7. The van der Waals surface area contributed by atoms with Gasteiger partial charge in [0.05, 0.1) is 27.1 Å². The number of halogens is 5. The van der Waals surface area contributed by atoms with Crippen molar-refractivity contribution in [2.45, 2.75) is 43.6 Å². The fourth-order valence-electron chi connectivity index (χ4n) is 3.71. The highest BCUT2D eigenvalue weighted by molar-refractivity contribution is 14.1. The second-order valence-electron chi connectivity index (χ2n) is 7.34. The molecular weight excluding hydrogens is 584 g/mol. The van der Waals surface area contributed by atoms with Crippen LogP contribution >= 0.6 is 34.2 Å². The Kier molecular flexibility index (Phi) is 6.67. The van der Waals surface area contributed by atoms with Crippen LogP contribution in [0.3, 0.4) is 0 Å². The van der Waals surface area contributed by atoms with E-state index in [0.29, 0.717) is 0 Å². The maximum Gasteiger partial charge on any atom is 0.435 e. The summed E-state index contributed by atoms with van der Waals surface area (Å²) in [5, 5.41) is 39.6. The molecule has 1 aliphatic heterocycles. The molecule has 15 heteroatoms. The highest BCUT2D eigenvalue weighted by Gasteiger charge is 2.48. The Morgan fingerprint density at radius 3 is 2.58 bits per heavy atom. The number of aliphatic hydroxyl groups is 3. The molecule has 0 aromatic carbocycles. The minimum atomic E-state index is -4.83. The van der Waals surface area contributed by atoms with E-state index in [-0.39, 0.29) is 16.7 Å². The number of aliphatic hydroxyl groups excluding tert-OH is 3. The number of alkyl halides is 3. The molecule has 0 radical (unpaired) electrons. The van der Waals surface area contributed by atoms with Gasteiger partial charge in [0.1, 0.15) is 36.3 Å².